The van der Waals surface area contributed by atoms with Gasteiger partial charge in [0.25, 0.3) is 0 Å². The molecule has 0 bridgehead atoms. The molecule has 0 spiro atoms. The maximum absolute atomic E-state index is 12.5. The van der Waals surface area contributed by atoms with E-state index in [0.717, 1.165) is 25.0 Å². The Morgan fingerprint density at radius 1 is 1.35 bits per heavy atom. The predicted molar refractivity (Wildman–Crippen MR) is 104 cm³/mol. The normalized spacial score (nSPS) is 15.4. The molecule has 0 amide bonds. The monoisotopic (exact) mass is 374 g/mol. The molecule has 0 aromatic carbocycles. The summed E-state index contributed by atoms with van der Waals surface area (Å²) in [4.78, 5) is 17.8. The van der Waals surface area contributed by atoms with Gasteiger partial charge in [0, 0.05) is 34.0 Å². The Kier molecular flexibility index (Phi) is 5.51. The van der Waals surface area contributed by atoms with Crippen LogP contribution in [0.15, 0.2) is 17.1 Å². The number of rotatable bonds is 6. The molecule has 2 aromatic rings. The van der Waals surface area contributed by atoms with Crippen molar-refractivity contribution in [3.63, 3.8) is 0 Å². The van der Waals surface area contributed by atoms with E-state index in [2.05, 4.69) is 29.5 Å². The minimum atomic E-state index is -1.16. The number of hydrogen-bond donors (Lipinski definition) is 1. The molecule has 0 radical (unpaired) electrons. The Balaban J connectivity index is 1.93. The van der Waals surface area contributed by atoms with Gasteiger partial charge in [0.15, 0.2) is 0 Å². The molecule has 1 aliphatic heterocycles. The number of fused-ring (bicyclic) bond motifs is 1. The zero-order valence-corrected chi connectivity index (χ0v) is 16.7. The van der Waals surface area contributed by atoms with Crippen LogP contribution in [0.5, 0.6) is 0 Å². The third-order valence-corrected chi connectivity index (χ3v) is 6.29. The number of hydrogen-bond acceptors (Lipinski definition) is 5. The Hall–Kier alpha value is -2.08. The van der Waals surface area contributed by atoms with Crippen LogP contribution in [0, 0.1) is 11.3 Å². The Bertz CT molecular complexity index is 869. The Labute approximate surface area is 154 Å². The number of nitrogens with one attached hydrogen (secondary N) is 1. The molecule has 3 rings (SSSR count). The van der Waals surface area contributed by atoms with E-state index >= 15 is 0 Å². The number of anilines is 1. The smallest absolute Gasteiger partial charge is 0.208 e. The van der Waals surface area contributed by atoms with Crippen LogP contribution in [0.1, 0.15) is 5.56 Å². The Morgan fingerprint density at radius 2 is 2.08 bits per heavy atom. The summed E-state index contributed by atoms with van der Waals surface area (Å²) >= 11 is 0. The lowest BCUT2D eigenvalue weighted by Gasteiger charge is -2.29. The summed E-state index contributed by atoms with van der Waals surface area (Å²) in [6.45, 7) is 10.9. The molecule has 0 atom stereocenters. The molecule has 2 aromatic heterocycles. The minimum Gasteiger partial charge on any atom is -0.378 e. The van der Waals surface area contributed by atoms with E-state index in [4.69, 9.17) is 14.7 Å². The lowest BCUT2D eigenvalue weighted by atomic mass is 10.2. The second-order valence-corrected chi connectivity index (χ2v) is 13.4. The van der Waals surface area contributed by atoms with Gasteiger partial charge in [-0.3, -0.25) is 9.36 Å². The third kappa shape index (κ3) is 4.01. The number of H-pyrrole nitrogens is 1. The molecule has 3 heterocycles. The summed E-state index contributed by atoms with van der Waals surface area (Å²) in [6.07, 6.45) is 1.48. The zero-order valence-electron chi connectivity index (χ0n) is 15.7. The average Bonchev–Trinajstić information content (AvgIpc) is 2.98. The van der Waals surface area contributed by atoms with Crippen molar-refractivity contribution in [3.05, 3.63) is 28.0 Å². The summed E-state index contributed by atoms with van der Waals surface area (Å²) in [5.74, 6) is 0.930. The lowest BCUT2D eigenvalue weighted by molar-refractivity contribution is 0.0884. The van der Waals surface area contributed by atoms with Gasteiger partial charge in [-0.1, -0.05) is 19.6 Å². The lowest BCUT2D eigenvalue weighted by Crippen LogP contribution is -2.37. The second kappa shape index (κ2) is 7.66. The highest BCUT2D eigenvalue weighted by Crippen LogP contribution is 2.25. The predicted octanol–water partition coefficient (Wildman–Crippen LogP) is 2.35. The molecule has 0 unspecified atom stereocenters. The van der Waals surface area contributed by atoms with Crippen molar-refractivity contribution in [2.75, 3.05) is 37.8 Å². The number of pyridine rings is 1. The van der Waals surface area contributed by atoms with E-state index in [0.29, 0.717) is 37.6 Å². The van der Waals surface area contributed by atoms with Crippen LogP contribution < -0.4 is 10.3 Å². The number of aromatic nitrogens is 2. The fourth-order valence-corrected chi connectivity index (χ4v) is 3.77. The third-order valence-electron chi connectivity index (χ3n) is 4.59. The Morgan fingerprint density at radius 3 is 2.73 bits per heavy atom. The standard InChI is InChI=1S/C18H26N4O3Si/c1-26(2,3)9-8-25-13-22-16(21-4-6-24-7-5-21)10-15-17(23)14(11-19)12-20-18(15)22/h10,12H,4-9,13H2,1-3H3,(H,20,23). The van der Waals surface area contributed by atoms with Crippen LogP contribution in [-0.2, 0) is 16.2 Å². The quantitative estimate of drug-likeness (QED) is 0.620. The SMILES string of the molecule is C[Si](C)(C)CCOCn1c(N2CCOCC2)cc2c(=O)c(C#N)c[nH]c21. The van der Waals surface area contributed by atoms with Gasteiger partial charge in [0.1, 0.15) is 29.8 Å². The fraction of sp³-hybridized carbons (Fsp3) is 0.556. The van der Waals surface area contributed by atoms with Crippen LogP contribution in [-0.4, -0.2) is 50.5 Å². The average molecular weight is 375 g/mol. The maximum Gasteiger partial charge on any atom is 0.208 e. The minimum absolute atomic E-state index is 0.128. The molecular formula is C18H26N4O3Si. The van der Waals surface area contributed by atoms with Crippen molar-refractivity contribution >= 4 is 24.9 Å². The molecule has 7 nitrogen and oxygen atoms in total. The van der Waals surface area contributed by atoms with Crippen molar-refractivity contribution in [3.8, 4) is 6.07 Å². The van der Waals surface area contributed by atoms with Crippen molar-refractivity contribution in [1.29, 1.82) is 5.26 Å². The molecular weight excluding hydrogens is 348 g/mol. The molecule has 140 valence electrons. The summed E-state index contributed by atoms with van der Waals surface area (Å²) in [7, 11) is -1.16. The molecule has 1 fully saturated rings. The summed E-state index contributed by atoms with van der Waals surface area (Å²) in [5, 5.41) is 9.65. The van der Waals surface area contributed by atoms with Crippen LogP contribution in [0.25, 0.3) is 11.0 Å². The number of nitriles is 1. The van der Waals surface area contributed by atoms with Crippen molar-refractivity contribution in [2.24, 2.45) is 0 Å². The largest absolute Gasteiger partial charge is 0.378 e. The van der Waals surface area contributed by atoms with Gasteiger partial charge in [-0.2, -0.15) is 5.26 Å². The highest BCUT2D eigenvalue weighted by molar-refractivity contribution is 6.76. The van der Waals surface area contributed by atoms with Crippen LogP contribution >= 0.6 is 0 Å². The van der Waals surface area contributed by atoms with Gasteiger partial charge >= 0.3 is 0 Å². The molecule has 8 heteroatoms. The van der Waals surface area contributed by atoms with Gasteiger partial charge in [0.2, 0.25) is 5.43 Å². The van der Waals surface area contributed by atoms with E-state index < -0.39 is 8.07 Å². The first-order valence-electron chi connectivity index (χ1n) is 8.96. The van der Waals surface area contributed by atoms with E-state index in [-0.39, 0.29) is 11.0 Å². The van der Waals surface area contributed by atoms with Crippen LogP contribution in [0.3, 0.4) is 0 Å². The van der Waals surface area contributed by atoms with Gasteiger partial charge in [-0.05, 0) is 12.1 Å². The van der Waals surface area contributed by atoms with E-state index in [1.165, 1.54) is 6.20 Å². The van der Waals surface area contributed by atoms with E-state index in [9.17, 15) is 4.79 Å². The summed E-state index contributed by atoms with van der Waals surface area (Å²) < 4.78 is 13.4. The molecule has 1 aliphatic rings. The number of ether oxygens (including phenoxy) is 2. The highest BCUT2D eigenvalue weighted by Gasteiger charge is 2.20. The molecule has 0 aliphatic carbocycles. The first kappa shape index (κ1) is 18.7. The zero-order chi connectivity index (χ0) is 18.7. The van der Waals surface area contributed by atoms with Crippen LogP contribution in [0.2, 0.25) is 25.7 Å². The molecule has 1 saturated heterocycles. The first-order valence-corrected chi connectivity index (χ1v) is 12.7. The number of aromatic amines is 1. The summed E-state index contributed by atoms with van der Waals surface area (Å²) in [6, 6.07) is 4.91. The van der Waals surface area contributed by atoms with Crippen molar-refractivity contribution in [1.82, 2.24) is 9.55 Å². The van der Waals surface area contributed by atoms with E-state index in [1.54, 1.807) is 0 Å². The van der Waals surface area contributed by atoms with Gasteiger partial charge in [-0.25, -0.2) is 0 Å². The van der Waals surface area contributed by atoms with Crippen molar-refractivity contribution in [2.45, 2.75) is 32.4 Å². The van der Waals surface area contributed by atoms with Crippen LogP contribution in [0.4, 0.5) is 5.82 Å². The molecule has 0 saturated carbocycles. The van der Waals surface area contributed by atoms with Gasteiger partial charge in [-0.15, -0.1) is 0 Å². The highest BCUT2D eigenvalue weighted by atomic mass is 28.3. The molecule has 1 N–H and O–H groups in total. The number of morpholine rings is 1. The van der Waals surface area contributed by atoms with E-state index in [1.807, 2.05) is 16.7 Å². The van der Waals surface area contributed by atoms with Gasteiger partial charge in [0.05, 0.1) is 18.6 Å². The fourth-order valence-electron chi connectivity index (χ4n) is 3.02. The second-order valence-electron chi connectivity index (χ2n) is 7.78. The summed E-state index contributed by atoms with van der Waals surface area (Å²) in [5.41, 5.74) is 0.586. The number of nitrogens with zero attached hydrogens (tertiary/aromatic N) is 3. The molecule has 26 heavy (non-hydrogen) atoms. The van der Waals surface area contributed by atoms with Gasteiger partial charge < -0.3 is 19.4 Å². The first-order chi connectivity index (χ1) is 12.4. The van der Waals surface area contributed by atoms with Crippen molar-refractivity contribution < 1.29 is 9.47 Å². The maximum atomic E-state index is 12.5. The topological polar surface area (TPSA) is 83.3 Å².